The van der Waals surface area contributed by atoms with Crippen LogP contribution in [0.3, 0.4) is 0 Å². The zero-order valence-corrected chi connectivity index (χ0v) is 14.7. The van der Waals surface area contributed by atoms with E-state index in [-0.39, 0.29) is 24.4 Å². The molecule has 0 radical (unpaired) electrons. The van der Waals surface area contributed by atoms with Gasteiger partial charge in [-0.3, -0.25) is 4.79 Å². The van der Waals surface area contributed by atoms with E-state index in [0.29, 0.717) is 5.13 Å². The number of aryl methyl sites for hydroxylation is 1. The van der Waals surface area contributed by atoms with Crippen LogP contribution in [0, 0.1) is 6.92 Å². The molecule has 1 aromatic heterocycles. The van der Waals surface area contributed by atoms with Crippen molar-refractivity contribution in [2.75, 3.05) is 11.9 Å². The van der Waals surface area contributed by atoms with Crippen LogP contribution in [0.4, 0.5) is 5.13 Å². The Morgan fingerprint density at radius 3 is 2.64 bits per heavy atom. The summed E-state index contributed by atoms with van der Waals surface area (Å²) in [4.78, 5) is 16.5. The number of nitrogens with one attached hydrogen (secondary N) is 2. The fourth-order valence-electron chi connectivity index (χ4n) is 1.86. The summed E-state index contributed by atoms with van der Waals surface area (Å²) >= 11 is 1.45. The fourth-order valence-corrected chi connectivity index (χ4v) is 2.58. The molecular formula is C16H22ClN3OS. The second kappa shape index (κ2) is 8.88. The Morgan fingerprint density at radius 1 is 1.32 bits per heavy atom. The lowest BCUT2D eigenvalue weighted by Crippen LogP contribution is -2.38. The minimum atomic E-state index is -0.211. The molecule has 0 bridgehead atoms. The SMILES string of the molecule is CCCNC(C)C(=O)Nc1nc(-c2ccc(C)cc2)cs1.Cl. The fraction of sp³-hybridized carbons (Fsp3) is 0.375. The largest absolute Gasteiger partial charge is 0.306 e. The van der Waals surface area contributed by atoms with Gasteiger partial charge >= 0.3 is 0 Å². The minimum Gasteiger partial charge on any atom is -0.306 e. The molecule has 2 rings (SSSR count). The third-order valence-corrected chi connectivity index (χ3v) is 3.93. The van der Waals surface area contributed by atoms with Crippen molar-refractivity contribution in [1.29, 1.82) is 0 Å². The minimum absolute atomic E-state index is 0. The second-order valence-electron chi connectivity index (χ2n) is 5.07. The first-order valence-electron chi connectivity index (χ1n) is 7.17. The summed E-state index contributed by atoms with van der Waals surface area (Å²) < 4.78 is 0. The summed E-state index contributed by atoms with van der Waals surface area (Å²) in [5.41, 5.74) is 3.18. The van der Waals surface area contributed by atoms with Gasteiger partial charge in [-0.1, -0.05) is 36.8 Å². The molecule has 22 heavy (non-hydrogen) atoms. The number of hydrogen-bond acceptors (Lipinski definition) is 4. The van der Waals surface area contributed by atoms with E-state index in [4.69, 9.17) is 0 Å². The molecule has 6 heteroatoms. The molecule has 2 aromatic rings. The van der Waals surface area contributed by atoms with E-state index in [1.807, 2.05) is 24.4 Å². The van der Waals surface area contributed by atoms with E-state index in [9.17, 15) is 4.79 Å². The Bertz CT molecular complexity index is 598. The highest BCUT2D eigenvalue weighted by Gasteiger charge is 2.13. The molecule has 4 nitrogen and oxygen atoms in total. The van der Waals surface area contributed by atoms with E-state index >= 15 is 0 Å². The van der Waals surface area contributed by atoms with E-state index in [0.717, 1.165) is 24.2 Å². The average Bonchev–Trinajstić information content (AvgIpc) is 2.93. The van der Waals surface area contributed by atoms with Crippen molar-refractivity contribution in [3.05, 3.63) is 35.2 Å². The van der Waals surface area contributed by atoms with E-state index in [1.165, 1.54) is 16.9 Å². The number of thiazole rings is 1. The van der Waals surface area contributed by atoms with Crippen LogP contribution in [0.25, 0.3) is 11.3 Å². The first-order valence-corrected chi connectivity index (χ1v) is 8.05. The van der Waals surface area contributed by atoms with E-state index in [1.54, 1.807) is 0 Å². The number of hydrogen-bond donors (Lipinski definition) is 2. The van der Waals surface area contributed by atoms with Gasteiger partial charge < -0.3 is 10.6 Å². The summed E-state index contributed by atoms with van der Waals surface area (Å²) in [5, 5.41) is 8.62. The number of rotatable bonds is 6. The molecule has 120 valence electrons. The highest BCUT2D eigenvalue weighted by molar-refractivity contribution is 7.14. The van der Waals surface area contributed by atoms with Crippen LogP contribution in [-0.4, -0.2) is 23.5 Å². The van der Waals surface area contributed by atoms with Crippen molar-refractivity contribution in [3.8, 4) is 11.3 Å². The zero-order valence-electron chi connectivity index (χ0n) is 13.1. The number of carbonyl (C=O) groups is 1. The van der Waals surface area contributed by atoms with Gasteiger partial charge in [-0.15, -0.1) is 23.7 Å². The summed E-state index contributed by atoms with van der Waals surface area (Å²) in [7, 11) is 0. The standard InChI is InChI=1S/C16H21N3OS.ClH/c1-4-9-17-12(3)15(20)19-16-18-14(10-21-16)13-7-5-11(2)6-8-13;/h5-8,10,12,17H,4,9H2,1-3H3,(H,18,19,20);1H. The molecule has 1 amide bonds. The van der Waals surface area contributed by atoms with E-state index in [2.05, 4.69) is 41.6 Å². The topological polar surface area (TPSA) is 54.0 Å². The maximum atomic E-state index is 12.0. The molecule has 1 aromatic carbocycles. The molecule has 1 unspecified atom stereocenters. The first kappa shape index (κ1) is 18.6. The highest BCUT2D eigenvalue weighted by atomic mass is 35.5. The van der Waals surface area contributed by atoms with Crippen LogP contribution in [0.5, 0.6) is 0 Å². The number of nitrogens with zero attached hydrogens (tertiary/aromatic N) is 1. The lowest BCUT2D eigenvalue weighted by atomic mass is 10.1. The molecule has 0 aliphatic heterocycles. The van der Waals surface area contributed by atoms with Gasteiger partial charge in [0.2, 0.25) is 5.91 Å². The van der Waals surface area contributed by atoms with E-state index < -0.39 is 0 Å². The molecule has 2 N–H and O–H groups in total. The molecule has 0 fully saturated rings. The van der Waals surface area contributed by atoms with Crippen LogP contribution < -0.4 is 10.6 Å². The maximum absolute atomic E-state index is 12.0. The Labute approximate surface area is 141 Å². The van der Waals surface area contributed by atoms with Crippen molar-refractivity contribution in [3.63, 3.8) is 0 Å². The Balaban J connectivity index is 0.00000242. The third-order valence-electron chi connectivity index (χ3n) is 3.18. The van der Waals surface area contributed by atoms with Gasteiger partial charge in [0.05, 0.1) is 11.7 Å². The van der Waals surface area contributed by atoms with Gasteiger partial charge in [0.1, 0.15) is 0 Å². The smallest absolute Gasteiger partial charge is 0.243 e. The number of anilines is 1. The van der Waals surface area contributed by atoms with Crippen LogP contribution in [0.2, 0.25) is 0 Å². The zero-order chi connectivity index (χ0) is 15.2. The molecule has 0 aliphatic rings. The predicted molar refractivity (Wildman–Crippen MR) is 95.9 cm³/mol. The number of carbonyl (C=O) groups excluding carboxylic acids is 1. The molecule has 0 spiro atoms. The lowest BCUT2D eigenvalue weighted by molar-refractivity contribution is -0.117. The van der Waals surface area contributed by atoms with Gasteiger partial charge in [-0.2, -0.15) is 0 Å². The number of halogens is 1. The van der Waals surface area contributed by atoms with Crippen molar-refractivity contribution >= 4 is 34.8 Å². The summed E-state index contributed by atoms with van der Waals surface area (Å²) in [6.45, 7) is 6.83. The Morgan fingerprint density at radius 2 is 2.00 bits per heavy atom. The Hall–Kier alpha value is -1.43. The van der Waals surface area contributed by atoms with Gasteiger partial charge in [-0.25, -0.2) is 4.98 Å². The van der Waals surface area contributed by atoms with Crippen molar-refractivity contribution in [1.82, 2.24) is 10.3 Å². The number of amides is 1. The van der Waals surface area contributed by atoms with Gasteiger partial charge in [0, 0.05) is 10.9 Å². The van der Waals surface area contributed by atoms with Crippen LogP contribution in [-0.2, 0) is 4.79 Å². The molecule has 1 atom stereocenters. The van der Waals surface area contributed by atoms with Crippen LogP contribution in [0.1, 0.15) is 25.8 Å². The normalized spacial score (nSPS) is 11.6. The number of benzene rings is 1. The van der Waals surface area contributed by atoms with Crippen LogP contribution >= 0.6 is 23.7 Å². The molecule has 1 heterocycles. The van der Waals surface area contributed by atoms with Gasteiger partial charge in [0.25, 0.3) is 0 Å². The molecule has 0 saturated carbocycles. The first-order chi connectivity index (χ1) is 10.1. The van der Waals surface area contributed by atoms with Gasteiger partial charge in [-0.05, 0) is 26.8 Å². The molecule has 0 aliphatic carbocycles. The average molecular weight is 340 g/mol. The van der Waals surface area contributed by atoms with Crippen molar-refractivity contribution in [2.45, 2.75) is 33.2 Å². The molecular weight excluding hydrogens is 318 g/mol. The summed E-state index contributed by atoms with van der Waals surface area (Å²) in [6, 6.07) is 7.99. The maximum Gasteiger partial charge on any atom is 0.243 e. The summed E-state index contributed by atoms with van der Waals surface area (Å²) in [5.74, 6) is -0.0479. The lowest BCUT2D eigenvalue weighted by Gasteiger charge is -2.11. The van der Waals surface area contributed by atoms with Crippen molar-refractivity contribution in [2.24, 2.45) is 0 Å². The predicted octanol–water partition coefficient (Wildman–Crippen LogP) is 3.87. The van der Waals surface area contributed by atoms with Gasteiger partial charge in [0.15, 0.2) is 5.13 Å². The third kappa shape index (κ3) is 5.09. The molecule has 0 saturated heterocycles. The van der Waals surface area contributed by atoms with Crippen LogP contribution in [0.15, 0.2) is 29.6 Å². The second-order valence-corrected chi connectivity index (χ2v) is 5.93. The highest BCUT2D eigenvalue weighted by Crippen LogP contribution is 2.25. The monoisotopic (exact) mass is 339 g/mol. The Kier molecular flexibility index (Phi) is 7.51. The summed E-state index contributed by atoms with van der Waals surface area (Å²) in [6.07, 6.45) is 1.01. The quantitative estimate of drug-likeness (QED) is 0.840. The number of aromatic nitrogens is 1. The van der Waals surface area contributed by atoms with Crippen molar-refractivity contribution < 1.29 is 4.79 Å².